The number of aromatic nitrogens is 1. The van der Waals surface area contributed by atoms with E-state index in [0.29, 0.717) is 12.3 Å². The summed E-state index contributed by atoms with van der Waals surface area (Å²) < 4.78 is 0. The molecule has 1 saturated heterocycles. The van der Waals surface area contributed by atoms with Crippen LogP contribution in [0.3, 0.4) is 0 Å². The molecule has 0 radical (unpaired) electrons. The van der Waals surface area contributed by atoms with Gasteiger partial charge in [0.05, 0.1) is 5.51 Å². The second-order valence-corrected chi connectivity index (χ2v) is 5.26. The van der Waals surface area contributed by atoms with Crippen LogP contribution in [0.2, 0.25) is 0 Å². The predicted molar refractivity (Wildman–Crippen MR) is 62.4 cm³/mol. The van der Waals surface area contributed by atoms with Gasteiger partial charge < -0.3 is 5.11 Å². The largest absolute Gasteiger partial charge is 0.481 e. The molecule has 0 amide bonds. The lowest BCUT2D eigenvalue weighted by Crippen LogP contribution is -2.33. The number of thiazole rings is 1. The molecule has 1 aromatic rings. The summed E-state index contributed by atoms with van der Waals surface area (Å²) in [6.45, 7) is 2.98. The topological polar surface area (TPSA) is 53.4 Å². The second-order valence-electron chi connectivity index (χ2n) is 4.29. The van der Waals surface area contributed by atoms with Gasteiger partial charge in [-0.15, -0.1) is 11.3 Å². The van der Waals surface area contributed by atoms with Crippen LogP contribution in [0.5, 0.6) is 0 Å². The summed E-state index contributed by atoms with van der Waals surface area (Å²) in [7, 11) is 0. The molecule has 0 bridgehead atoms. The van der Waals surface area contributed by atoms with Crippen LogP contribution in [0.25, 0.3) is 0 Å². The molecule has 1 N–H and O–H groups in total. The van der Waals surface area contributed by atoms with Crippen molar-refractivity contribution < 1.29 is 9.90 Å². The van der Waals surface area contributed by atoms with Crippen molar-refractivity contribution in [3.8, 4) is 0 Å². The zero-order chi connectivity index (χ0) is 11.4. The molecular formula is C11H16N2O2S. The number of hydrogen-bond donors (Lipinski definition) is 1. The van der Waals surface area contributed by atoms with E-state index in [1.54, 1.807) is 11.3 Å². The molecule has 1 aromatic heterocycles. The molecule has 0 saturated carbocycles. The van der Waals surface area contributed by atoms with E-state index >= 15 is 0 Å². The minimum Gasteiger partial charge on any atom is -0.481 e. The van der Waals surface area contributed by atoms with Gasteiger partial charge in [-0.05, 0) is 31.8 Å². The minimum absolute atomic E-state index is 0.328. The van der Waals surface area contributed by atoms with Crippen molar-refractivity contribution in [1.82, 2.24) is 9.88 Å². The van der Waals surface area contributed by atoms with Crippen molar-refractivity contribution >= 4 is 17.3 Å². The molecule has 5 heteroatoms. The first-order valence-electron chi connectivity index (χ1n) is 5.55. The Morgan fingerprint density at radius 3 is 2.88 bits per heavy atom. The van der Waals surface area contributed by atoms with Crippen molar-refractivity contribution in [3.63, 3.8) is 0 Å². The van der Waals surface area contributed by atoms with E-state index < -0.39 is 5.97 Å². The van der Waals surface area contributed by atoms with E-state index in [1.165, 1.54) is 4.88 Å². The van der Waals surface area contributed by atoms with Crippen molar-refractivity contribution in [2.75, 3.05) is 13.1 Å². The van der Waals surface area contributed by atoms with E-state index in [4.69, 9.17) is 5.11 Å². The molecule has 16 heavy (non-hydrogen) atoms. The number of carbonyl (C=O) groups is 1. The monoisotopic (exact) mass is 240 g/mol. The fourth-order valence-corrected chi connectivity index (χ4v) is 2.77. The average molecular weight is 240 g/mol. The number of rotatable bonds is 4. The Hall–Kier alpha value is -0.940. The maximum Gasteiger partial charge on any atom is 0.303 e. The normalized spacial score (nSPS) is 18.8. The first-order chi connectivity index (χ1) is 7.74. The van der Waals surface area contributed by atoms with Gasteiger partial charge in [-0.3, -0.25) is 14.7 Å². The van der Waals surface area contributed by atoms with E-state index in [2.05, 4.69) is 9.88 Å². The smallest absolute Gasteiger partial charge is 0.303 e. The molecule has 2 rings (SSSR count). The first kappa shape index (κ1) is 11.5. The molecule has 0 aromatic carbocycles. The van der Waals surface area contributed by atoms with Gasteiger partial charge in [-0.25, -0.2) is 0 Å². The lowest BCUT2D eigenvalue weighted by atomic mass is 9.94. The molecule has 0 aliphatic carbocycles. The van der Waals surface area contributed by atoms with Gasteiger partial charge in [0.15, 0.2) is 0 Å². The third kappa shape index (κ3) is 3.28. The molecule has 1 fully saturated rings. The highest BCUT2D eigenvalue weighted by Gasteiger charge is 2.21. The summed E-state index contributed by atoms with van der Waals surface area (Å²) >= 11 is 1.68. The highest BCUT2D eigenvalue weighted by Crippen LogP contribution is 2.22. The number of carboxylic acid groups (broad SMARTS) is 1. The Balaban J connectivity index is 1.75. The number of carboxylic acids is 1. The highest BCUT2D eigenvalue weighted by atomic mass is 32.1. The zero-order valence-electron chi connectivity index (χ0n) is 9.13. The van der Waals surface area contributed by atoms with Gasteiger partial charge in [-0.1, -0.05) is 0 Å². The SMILES string of the molecule is O=C(O)CC1CCN(Cc2cncs2)CC1. The molecule has 88 valence electrons. The number of likely N-dealkylation sites (tertiary alicyclic amines) is 1. The Labute approximate surface area is 98.9 Å². The Morgan fingerprint density at radius 2 is 2.31 bits per heavy atom. The van der Waals surface area contributed by atoms with Gasteiger partial charge in [0.1, 0.15) is 0 Å². The van der Waals surface area contributed by atoms with Crippen molar-refractivity contribution in [2.24, 2.45) is 5.92 Å². The molecule has 4 nitrogen and oxygen atoms in total. The van der Waals surface area contributed by atoms with Crippen LogP contribution in [-0.2, 0) is 11.3 Å². The molecule has 1 aliphatic heterocycles. The molecule has 1 aliphatic rings. The minimum atomic E-state index is -0.666. The standard InChI is InChI=1S/C11H16N2O2S/c14-11(15)5-9-1-3-13(4-2-9)7-10-6-12-8-16-10/h6,8-9H,1-5,7H2,(H,14,15). The summed E-state index contributed by atoms with van der Waals surface area (Å²) in [5, 5.41) is 8.72. The van der Waals surface area contributed by atoms with Gasteiger partial charge in [0.25, 0.3) is 0 Å². The van der Waals surface area contributed by atoms with Crippen molar-refractivity contribution in [3.05, 3.63) is 16.6 Å². The third-order valence-corrected chi connectivity index (χ3v) is 3.80. The number of nitrogens with zero attached hydrogens (tertiary/aromatic N) is 2. The van der Waals surface area contributed by atoms with Gasteiger partial charge in [0.2, 0.25) is 0 Å². The molecule has 0 spiro atoms. The van der Waals surface area contributed by atoms with Crippen molar-refractivity contribution in [1.29, 1.82) is 0 Å². The van der Waals surface area contributed by atoms with Gasteiger partial charge in [-0.2, -0.15) is 0 Å². The van der Waals surface area contributed by atoms with Crippen LogP contribution >= 0.6 is 11.3 Å². The fraction of sp³-hybridized carbons (Fsp3) is 0.636. The number of hydrogen-bond acceptors (Lipinski definition) is 4. The predicted octanol–water partition coefficient (Wildman–Crippen LogP) is 1.83. The number of aliphatic carboxylic acids is 1. The summed E-state index contributed by atoms with van der Waals surface area (Å²) in [6.07, 6.45) is 4.25. The molecule has 0 unspecified atom stereocenters. The van der Waals surface area contributed by atoms with Gasteiger partial charge >= 0.3 is 5.97 Å². The molecular weight excluding hydrogens is 224 g/mol. The van der Waals surface area contributed by atoms with E-state index in [-0.39, 0.29) is 0 Å². The van der Waals surface area contributed by atoms with Crippen molar-refractivity contribution in [2.45, 2.75) is 25.8 Å². The molecule has 0 atom stereocenters. The van der Waals surface area contributed by atoms with Crippen LogP contribution in [-0.4, -0.2) is 34.0 Å². The van der Waals surface area contributed by atoms with E-state index in [9.17, 15) is 4.79 Å². The molecule has 2 heterocycles. The Morgan fingerprint density at radius 1 is 1.56 bits per heavy atom. The van der Waals surface area contributed by atoms with E-state index in [0.717, 1.165) is 32.5 Å². The van der Waals surface area contributed by atoms with Crippen LogP contribution < -0.4 is 0 Å². The quantitative estimate of drug-likeness (QED) is 0.872. The maximum absolute atomic E-state index is 10.6. The summed E-state index contributed by atoms with van der Waals surface area (Å²) in [6, 6.07) is 0. The Bertz CT molecular complexity index is 332. The summed E-state index contributed by atoms with van der Waals surface area (Å²) in [5.41, 5.74) is 1.85. The zero-order valence-corrected chi connectivity index (χ0v) is 9.95. The van der Waals surface area contributed by atoms with Crippen LogP contribution in [0.4, 0.5) is 0 Å². The summed E-state index contributed by atoms with van der Waals surface area (Å²) in [4.78, 5) is 18.3. The van der Waals surface area contributed by atoms with Crippen LogP contribution in [0.15, 0.2) is 11.7 Å². The van der Waals surface area contributed by atoms with Crippen LogP contribution in [0.1, 0.15) is 24.1 Å². The number of piperidine rings is 1. The maximum atomic E-state index is 10.6. The van der Waals surface area contributed by atoms with Crippen LogP contribution in [0, 0.1) is 5.92 Å². The lowest BCUT2D eigenvalue weighted by Gasteiger charge is -2.30. The van der Waals surface area contributed by atoms with E-state index in [1.807, 2.05) is 11.7 Å². The van der Waals surface area contributed by atoms with Gasteiger partial charge in [0, 0.05) is 24.0 Å². The highest BCUT2D eigenvalue weighted by molar-refractivity contribution is 7.09. The fourth-order valence-electron chi connectivity index (χ4n) is 2.14. The average Bonchev–Trinajstić information content (AvgIpc) is 2.73. The Kier molecular flexibility index (Phi) is 3.90. The third-order valence-electron chi connectivity index (χ3n) is 3.03. The summed E-state index contributed by atoms with van der Waals surface area (Å²) in [5.74, 6) is -0.295. The second kappa shape index (κ2) is 5.41. The first-order valence-corrected chi connectivity index (χ1v) is 6.43. The lowest BCUT2D eigenvalue weighted by molar-refractivity contribution is -0.138.